The molecule has 152 valence electrons. The average Bonchev–Trinajstić information content (AvgIpc) is 2.60. The Bertz CT molecular complexity index is 635. The number of fused-ring (bicyclic) bond motifs is 1. The fraction of sp³-hybridized carbons (Fsp3) is 0.600. The molecule has 0 radical (unpaired) electrons. The van der Waals surface area contributed by atoms with Gasteiger partial charge in [-0.3, -0.25) is 9.79 Å². The van der Waals surface area contributed by atoms with Crippen LogP contribution in [0.15, 0.2) is 29.3 Å². The standard InChI is InChI=1S/C20H31N3O3.HI/c1-5-21-19(22-13-9-8-12-18(24)25-4)23-16-14-20(2,3)26-17-11-7-6-10-15(16)17;/h6-7,10-11,16H,5,8-9,12-14H2,1-4H3,(H2,21,22,23);1H. The van der Waals surface area contributed by atoms with E-state index in [1.807, 2.05) is 18.2 Å². The van der Waals surface area contributed by atoms with Crippen LogP contribution >= 0.6 is 24.0 Å². The van der Waals surface area contributed by atoms with Crippen molar-refractivity contribution in [3.63, 3.8) is 0 Å². The van der Waals surface area contributed by atoms with E-state index in [9.17, 15) is 4.79 Å². The number of halogens is 1. The van der Waals surface area contributed by atoms with Crippen molar-refractivity contribution in [1.29, 1.82) is 0 Å². The lowest BCUT2D eigenvalue weighted by atomic mass is 9.90. The van der Waals surface area contributed by atoms with Crippen molar-refractivity contribution in [2.75, 3.05) is 20.2 Å². The number of ether oxygens (including phenoxy) is 2. The van der Waals surface area contributed by atoms with E-state index in [2.05, 4.69) is 47.2 Å². The van der Waals surface area contributed by atoms with E-state index in [1.54, 1.807) is 0 Å². The van der Waals surface area contributed by atoms with E-state index in [0.29, 0.717) is 13.0 Å². The van der Waals surface area contributed by atoms with Gasteiger partial charge in [0.05, 0.1) is 13.2 Å². The number of benzene rings is 1. The smallest absolute Gasteiger partial charge is 0.305 e. The number of para-hydroxylation sites is 1. The second-order valence-corrected chi connectivity index (χ2v) is 7.09. The lowest BCUT2D eigenvalue weighted by molar-refractivity contribution is -0.140. The fourth-order valence-electron chi connectivity index (χ4n) is 3.09. The van der Waals surface area contributed by atoms with Gasteiger partial charge < -0.3 is 20.1 Å². The van der Waals surface area contributed by atoms with Crippen LogP contribution in [-0.2, 0) is 9.53 Å². The molecule has 0 saturated heterocycles. The normalized spacial score (nSPS) is 17.8. The average molecular weight is 489 g/mol. The van der Waals surface area contributed by atoms with Crippen LogP contribution in [0.5, 0.6) is 5.75 Å². The van der Waals surface area contributed by atoms with Gasteiger partial charge in [0.15, 0.2) is 5.96 Å². The van der Waals surface area contributed by atoms with Crippen molar-refractivity contribution >= 4 is 35.9 Å². The van der Waals surface area contributed by atoms with Gasteiger partial charge in [-0.25, -0.2) is 0 Å². The Morgan fingerprint density at radius 3 is 2.78 bits per heavy atom. The van der Waals surface area contributed by atoms with Gasteiger partial charge in [-0.2, -0.15) is 0 Å². The molecule has 0 aliphatic carbocycles. The molecule has 0 aromatic heterocycles. The molecule has 1 aliphatic rings. The summed E-state index contributed by atoms with van der Waals surface area (Å²) in [4.78, 5) is 15.8. The Kier molecular flexibility index (Phi) is 9.90. The van der Waals surface area contributed by atoms with Gasteiger partial charge in [-0.05, 0) is 39.7 Å². The quantitative estimate of drug-likeness (QED) is 0.201. The number of carbonyl (C=O) groups excluding carboxylic acids is 1. The predicted octanol–water partition coefficient (Wildman–Crippen LogP) is 3.81. The molecule has 0 spiro atoms. The molecule has 1 heterocycles. The molecule has 1 atom stereocenters. The second-order valence-electron chi connectivity index (χ2n) is 7.09. The van der Waals surface area contributed by atoms with Gasteiger partial charge in [0.2, 0.25) is 0 Å². The zero-order chi connectivity index (χ0) is 19.0. The number of methoxy groups -OCH3 is 1. The second kappa shape index (κ2) is 11.4. The van der Waals surface area contributed by atoms with Crippen LogP contribution < -0.4 is 15.4 Å². The summed E-state index contributed by atoms with van der Waals surface area (Å²) in [6, 6.07) is 8.29. The van der Waals surface area contributed by atoms with E-state index < -0.39 is 0 Å². The van der Waals surface area contributed by atoms with E-state index in [0.717, 1.165) is 43.1 Å². The molecular weight excluding hydrogens is 457 g/mol. The third-order valence-corrected chi connectivity index (χ3v) is 4.32. The molecule has 0 saturated carbocycles. The molecule has 0 amide bonds. The van der Waals surface area contributed by atoms with Gasteiger partial charge in [0, 0.05) is 31.5 Å². The Morgan fingerprint density at radius 2 is 2.07 bits per heavy atom. The largest absolute Gasteiger partial charge is 0.487 e. The summed E-state index contributed by atoms with van der Waals surface area (Å²) in [5.41, 5.74) is 0.923. The summed E-state index contributed by atoms with van der Waals surface area (Å²) in [5, 5.41) is 6.85. The van der Waals surface area contributed by atoms with Crippen LogP contribution in [0.2, 0.25) is 0 Å². The number of hydrogen-bond acceptors (Lipinski definition) is 4. The van der Waals surface area contributed by atoms with E-state index in [1.165, 1.54) is 7.11 Å². The zero-order valence-corrected chi connectivity index (χ0v) is 19.0. The van der Waals surface area contributed by atoms with Crippen LogP contribution in [0.1, 0.15) is 58.1 Å². The number of unbranched alkanes of at least 4 members (excludes halogenated alkanes) is 1. The number of nitrogens with one attached hydrogen (secondary N) is 2. The number of nitrogens with zero attached hydrogens (tertiary/aromatic N) is 1. The van der Waals surface area contributed by atoms with Crippen LogP contribution in [0.25, 0.3) is 0 Å². The number of hydrogen-bond donors (Lipinski definition) is 2. The highest BCUT2D eigenvalue weighted by atomic mass is 127. The highest BCUT2D eigenvalue weighted by Gasteiger charge is 2.33. The summed E-state index contributed by atoms with van der Waals surface area (Å²) >= 11 is 0. The Morgan fingerprint density at radius 1 is 1.33 bits per heavy atom. The first-order chi connectivity index (χ1) is 12.4. The molecule has 27 heavy (non-hydrogen) atoms. The minimum atomic E-state index is -0.232. The van der Waals surface area contributed by atoms with Crippen LogP contribution in [0.4, 0.5) is 0 Å². The lowest BCUT2D eigenvalue weighted by Gasteiger charge is -2.38. The molecule has 0 bridgehead atoms. The Labute approximate surface area is 179 Å². The van der Waals surface area contributed by atoms with Gasteiger partial charge in [0.1, 0.15) is 11.4 Å². The van der Waals surface area contributed by atoms with Crippen LogP contribution in [0.3, 0.4) is 0 Å². The first-order valence-electron chi connectivity index (χ1n) is 9.35. The minimum Gasteiger partial charge on any atom is -0.487 e. The molecule has 7 heteroatoms. The predicted molar refractivity (Wildman–Crippen MR) is 119 cm³/mol. The van der Waals surface area contributed by atoms with Crippen LogP contribution in [-0.4, -0.2) is 37.7 Å². The monoisotopic (exact) mass is 489 g/mol. The number of guanidine groups is 1. The van der Waals surface area contributed by atoms with E-state index in [-0.39, 0.29) is 41.6 Å². The Hall–Kier alpha value is -1.51. The molecule has 1 aromatic rings. The lowest BCUT2D eigenvalue weighted by Crippen LogP contribution is -2.45. The number of rotatable bonds is 7. The maximum atomic E-state index is 11.2. The van der Waals surface area contributed by atoms with Crippen molar-refractivity contribution < 1.29 is 14.3 Å². The molecule has 1 aliphatic heterocycles. The van der Waals surface area contributed by atoms with E-state index >= 15 is 0 Å². The van der Waals surface area contributed by atoms with Crippen molar-refractivity contribution in [3.05, 3.63) is 29.8 Å². The summed E-state index contributed by atoms with van der Waals surface area (Å²) in [6.07, 6.45) is 2.93. The number of aliphatic imine (C=N–C) groups is 1. The van der Waals surface area contributed by atoms with Crippen molar-refractivity contribution in [2.24, 2.45) is 4.99 Å². The zero-order valence-electron chi connectivity index (χ0n) is 16.7. The number of esters is 1. The highest BCUT2D eigenvalue weighted by Crippen LogP contribution is 2.39. The molecule has 2 N–H and O–H groups in total. The first kappa shape index (κ1) is 23.5. The van der Waals surface area contributed by atoms with Crippen molar-refractivity contribution in [3.8, 4) is 5.75 Å². The highest BCUT2D eigenvalue weighted by molar-refractivity contribution is 14.0. The molecule has 1 aromatic carbocycles. The van der Waals surface area contributed by atoms with E-state index in [4.69, 9.17) is 4.74 Å². The van der Waals surface area contributed by atoms with Gasteiger partial charge in [0.25, 0.3) is 0 Å². The minimum absolute atomic E-state index is 0. The summed E-state index contributed by atoms with van der Waals surface area (Å²) in [7, 11) is 1.42. The van der Waals surface area contributed by atoms with Gasteiger partial charge in [-0.1, -0.05) is 18.2 Å². The molecular formula is C20H32IN3O3. The summed E-state index contributed by atoms with van der Waals surface area (Å²) < 4.78 is 10.8. The maximum absolute atomic E-state index is 11.2. The fourth-order valence-corrected chi connectivity index (χ4v) is 3.09. The van der Waals surface area contributed by atoms with Crippen molar-refractivity contribution in [2.45, 2.75) is 58.1 Å². The molecule has 0 fully saturated rings. The first-order valence-corrected chi connectivity index (χ1v) is 9.35. The van der Waals surface area contributed by atoms with Crippen molar-refractivity contribution in [1.82, 2.24) is 10.6 Å². The van der Waals surface area contributed by atoms with Gasteiger partial charge >= 0.3 is 5.97 Å². The maximum Gasteiger partial charge on any atom is 0.305 e. The molecule has 2 rings (SSSR count). The SMILES string of the molecule is CCNC(=NCCCCC(=O)OC)NC1CC(C)(C)Oc2ccccc21.I. The van der Waals surface area contributed by atoms with Crippen LogP contribution in [0, 0.1) is 0 Å². The molecule has 6 nitrogen and oxygen atoms in total. The third-order valence-electron chi connectivity index (χ3n) is 4.32. The van der Waals surface area contributed by atoms with Gasteiger partial charge in [-0.15, -0.1) is 24.0 Å². The Balaban J connectivity index is 0.00000364. The summed E-state index contributed by atoms with van der Waals surface area (Å²) in [5.74, 6) is 1.55. The topological polar surface area (TPSA) is 72.0 Å². The molecule has 1 unspecified atom stereocenters. The third kappa shape index (κ3) is 7.56. The summed E-state index contributed by atoms with van der Waals surface area (Å²) in [6.45, 7) is 7.72. The number of carbonyl (C=O) groups is 1.